The first-order chi connectivity index (χ1) is 16.0. The van der Waals surface area contributed by atoms with Gasteiger partial charge in [0.25, 0.3) is 5.91 Å². The lowest BCUT2D eigenvalue weighted by atomic mass is 10.1. The van der Waals surface area contributed by atoms with Crippen molar-refractivity contribution in [2.45, 2.75) is 39.2 Å². The number of halogens is 1. The topological polar surface area (TPSA) is 79.4 Å². The van der Waals surface area contributed by atoms with Crippen LogP contribution in [0.15, 0.2) is 54.6 Å². The van der Waals surface area contributed by atoms with Crippen LogP contribution in [0.4, 0.5) is 27.5 Å². The van der Waals surface area contributed by atoms with E-state index in [0.29, 0.717) is 11.6 Å². The van der Waals surface area contributed by atoms with E-state index < -0.39 is 11.9 Å². The molecule has 8 heteroatoms. The van der Waals surface area contributed by atoms with E-state index in [1.165, 1.54) is 31.4 Å². The highest BCUT2D eigenvalue weighted by Gasteiger charge is 2.17. The van der Waals surface area contributed by atoms with Crippen LogP contribution in [-0.2, 0) is 4.79 Å². The van der Waals surface area contributed by atoms with Crippen molar-refractivity contribution in [2.24, 2.45) is 0 Å². The average Bonchev–Trinajstić information content (AvgIpc) is 2.82. The predicted molar refractivity (Wildman–Crippen MR) is 128 cm³/mol. The standard InChI is InChI=1S/C25H28FN5O2/c1-17-16-23(31-14-6-3-7-15-31)30-25(27-17)29-20-12-10-19(11-13-20)28-24(32)18(2)33-22-9-5-4-8-21(22)26/h4-5,8-13,16,18H,3,6-7,14-15H2,1-2H3,(H,28,32)(H,27,29,30)/t18-/m0/s1. The Hall–Kier alpha value is -3.68. The van der Waals surface area contributed by atoms with Crippen LogP contribution in [0.1, 0.15) is 31.9 Å². The van der Waals surface area contributed by atoms with E-state index in [0.717, 1.165) is 30.3 Å². The van der Waals surface area contributed by atoms with Crippen LogP contribution in [0.5, 0.6) is 5.75 Å². The Balaban J connectivity index is 1.37. The number of aromatic nitrogens is 2. The predicted octanol–water partition coefficient (Wildman–Crippen LogP) is 5.06. The van der Waals surface area contributed by atoms with Crippen molar-refractivity contribution in [1.82, 2.24) is 9.97 Å². The number of benzene rings is 2. The van der Waals surface area contributed by atoms with Crippen molar-refractivity contribution in [3.05, 3.63) is 66.1 Å². The first kappa shape index (κ1) is 22.5. The maximum absolute atomic E-state index is 13.7. The second kappa shape index (κ2) is 10.3. The molecule has 172 valence electrons. The van der Waals surface area contributed by atoms with Crippen LogP contribution in [-0.4, -0.2) is 35.1 Å². The molecule has 0 spiro atoms. The number of carbonyl (C=O) groups excluding carboxylic acids is 1. The maximum atomic E-state index is 13.7. The normalized spacial score (nSPS) is 14.5. The lowest BCUT2D eigenvalue weighted by molar-refractivity contribution is -0.122. The Kier molecular flexibility index (Phi) is 7.02. The molecule has 1 aliphatic rings. The molecule has 3 aromatic rings. The molecule has 7 nitrogen and oxygen atoms in total. The lowest BCUT2D eigenvalue weighted by Crippen LogP contribution is -2.30. The highest BCUT2D eigenvalue weighted by Crippen LogP contribution is 2.23. The van der Waals surface area contributed by atoms with Crippen molar-refractivity contribution in [1.29, 1.82) is 0 Å². The molecule has 1 saturated heterocycles. The van der Waals surface area contributed by atoms with Crippen molar-refractivity contribution < 1.29 is 13.9 Å². The molecule has 1 aliphatic heterocycles. The average molecular weight is 450 g/mol. The van der Waals surface area contributed by atoms with Gasteiger partial charge in [-0.05, 0) is 69.5 Å². The monoisotopic (exact) mass is 449 g/mol. The third-order valence-corrected chi connectivity index (χ3v) is 5.44. The van der Waals surface area contributed by atoms with Gasteiger partial charge in [-0.15, -0.1) is 0 Å². The molecule has 2 heterocycles. The first-order valence-electron chi connectivity index (χ1n) is 11.2. The zero-order valence-corrected chi connectivity index (χ0v) is 18.8. The molecule has 1 atom stereocenters. The summed E-state index contributed by atoms with van der Waals surface area (Å²) in [5, 5.41) is 6.02. The van der Waals surface area contributed by atoms with Gasteiger partial charge in [-0.1, -0.05) is 12.1 Å². The molecule has 0 saturated carbocycles. The number of ether oxygens (including phenoxy) is 1. The Morgan fingerprint density at radius 2 is 1.73 bits per heavy atom. The highest BCUT2D eigenvalue weighted by atomic mass is 19.1. The summed E-state index contributed by atoms with van der Waals surface area (Å²) >= 11 is 0. The molecule has 0 aliphatic carbocycles. The van der Waals surface area contributed by atoms with Gasteiger partial charge in [-0.3, -0.25) is 4.79 Å². The minimum Gasteiger partial charge on any atom is -0.478 e. The molecule has 4 rings (SSSR count). The molecule has 33 heavy (non-hydrogen) atoms. The zero-order chi connectivity index (χ0) is 23.2. The summed E-state index contributed by atoms with van der Waals surface area (Å²) < 4.78 is 19.2. The third-order valence-electron chi connectivity index (χ3n) is 5.44. The van der Waals surface area contributed by atoms with Gasteiger partial charge in [0.1, 0.15) is 5.82 Å². The van der Waals surface area contributed by atoms with Gasteiger partial charge in [-0.25, -0.2) is 9.37 Å². The Morgan fingerprint density at radius 1 is 1.03 bits per heavy atom. The van der Waals surface area contributed by atoms with Gasteiger partial charge < -0.3 is 20.3 Å². The third kappa shape index (κ3) is 5.97. The van der Waals surface area contributed by atoms with Crippen molar-refractivity contribution in [2.75, 3.05) is 28.6 Å². The first-order valence-corrected chi connectivity index (χ1v) is 11.2. The maximum Gasteiger partial charge on any atom is 0.265 e. The molecule has 1 amide bonds. The second-order valence-electron chi connectivity index (χ2n) is 8.12. The molecule has 2 aromatic carbocycles. The molecule has 0 bridgehead atoms. The smallest absolute Gasteiger partial charge is 0.265 e. The Labute approximate surface area is 193 Å². The number of para-hydroxylation sites is 1. The van der Waals surface area contributed by atoms with Crippen LogP contribution in [0.3, 0.4) is 0 Å². The number of nitrogens with zero attached hydrogens (tertiary/aromatic N) is 3. The van der Waals surface area contributed by atoms with Crippen molar-refractivity contribution >= 4 is 29.0 Å². The molecule has 0 unspecified atom stereocenters. The fourth-order valence-electron chi connectivity index (χ4n) is 3.69. The van der Waals surface area contributed by atoms with E-state index in [9.17, 15) is 9.18 Å². The van der Waals surface area contributed by atoms with Crippen LogP contribution >= 0.6 is 0 Å². The number of rotatable bonds is 7. The molecular formula is C25H28FN5O2. The number of amides is 1. The minimum atomic E-state index is -0.853. The number of nitrogens with one attached hydrogen (secondary N) is 2. The number of aryl methyl sites for hydroxylation is 1. The van der Waals surface area contributed by atoms with Gasteiger partial charge in [0, 0.05) is 36.2 Å². The van der Waals surface area contributed by atoms with Gasteiger partial charge in [0.2, 0.25) is 5.95 Å². The number of carbonyl (C=O) groups is 1. The van der Waals surface area contributed by atoms with E-state index in [1.54, 1.807) is 31.2 Å². The molecule has 1 fully saturated rings. The van der Waals surface area contributed by atoms with Gasteiger partial charge in [-0.2, -0.15) is 4.98 Å². The SMILES string of the molecule is Cc1cc(N2CCCCC2)nc(Nc2ccc(NC(=O)[C@H](C)Oc3ccccc3F)cc2)n1. The quantitative estimate of drug-likeness (QED) is 0.525. The van der Waals surface area contributed by atoms with Crippen LogP contribution in [0.25, 0.3) is 0 Å². The minimum absolute atomic E-state index is 0.0433. The van der Waals surface area contributed by atoms with Crippen LogP contribution in [0, 0.1) is 12.7 Å². The second-order valence-corrected chi connectivity index (χ2v) is 8.12. The highest BCUT2D eigenvalue weighted by molar-refractivity contribution is 5.94. The van der Waals surface area contributed by atoms with Gasteiger partial charge >= 0.3 is 0 Å². The fraction of sp³-hybridized carbons (Fsp3) is 0.320. The van der Waals surface area contributed by atoms with Crippen LogP contribution in [0.2, 0.25) is 0 Å². The summed E-state index contributed by atoms with van der Waals surface area (Å²) in [7, 11) is 0. The molecule has 2 N–H and O–H groups in total. The zero-order valence-electron chi connectivity index (χ0n) is 18.8. The van der Waals surface area contributed by atoms with Gasteiger partial charge in [0.15, 0.2) is 17.7 Å². The molecular weight excluding hydrogens is 421 g/mol. The number of anilines is 4. The summed E-state index contributed by atoms with van der Waals surface area (Å²) in [6, 6.07) is 15.2. The Morgan fingerprint density at radius 3 is 2.45 bits per heavy atom. The summed E-state index contributed by atoms with van der Waals surface area (Å²) in [6.07, 6.45) is 2.78. The largest absolute Gasteiger partial charge is 0.478 e. The summed E-state index contributed by atoms with van der Waals surface area (Å²) in [5.74, 6) is 0.653. The van der Waals surface area contributed by atoms with E-state index in [1.807, 2.05) is 25.1 Å². The number of hydrogen-bond donors (Lipinski definition) is 2. The summed E-state index contributed by atoms with van der Waals surface area (Å²) in [5.41, 5.74) is 2.31. The molecule has 1 aromatic heterocycles. The summed E-state index contributed by atoms with van der Waals surface area (Å²) in [4.78, 5) is 23.9. The Bertz CT molecular complexity index is 1100. The van der Waals surface area contributed by atoms with Crippen molar-refractivity contribution in [3.8, 4) is 5.75 Å². The van der Waals surface area contributed by atoms with E-state index >= 15 is 0 Å². The van der Waals surface area contributed by atoms with Crippen molar-refractivity contribution in [3.63, 3.8) is 0 Å². The van der Waals surface area contributed by atoms with E-state index in [4.69, 9.17) is 4.74 Å². The number of piperidine rings is 1. The number of hydrogen-bond acceptors (Lipinski definition) is 6. The summed E-state index contributed by atoms with van der Waals surface area (Å²) in [6.45, 7) is 5.57. The molecule has 0 radical (unpaired) electrons. The van der Waals surface area contributed by atoms with E-state index in [2.05, 4.69) is 25.5 Å². The fourth-order valence-corrected chi connectivity index (χ4v) is 3.69. The lowest BCUT2D eigenvalue weighted by Gasteiger charge is -2.28. The van der Waals surface area contributed by atoms with Crippen LogP contribution < -0.4 is 20.3 Å². The van der Waals surface area contributed by atoms with E-state index in [-0.39, 0.29) is 11.7 Å². The van der Waals surface area contributed by atoms with Gasteiger partial charge in [0.05, 0.1) is 0 Å².